The number of hydrogen-bond acceptors (Lipinski definition) is 2. The number of aryl methyl sites for hydroxylation is 1. The van der Waals surface area contributed by atoms with Gasteiger partial charge in [0, 0.05) is 23.4 Å². The topological polar surface area (TPSA) is 41.1 Å². The van der Waals surface area contributed by atoms with Gasteiger partial charge in [-0.15, -0.1) is 0 Å². The normalized spacial score (nSPS) is 10.1. The zero-order valence-corrected chi connectivity index (χ0v) is 11.6. The van der Waals surface area contributed by atoms with Crippen LogP contribution in [0.4, 0.5) is 11.4 Å². The number of hydrogen-bond donors (Lipinski definition) is 2. The van der Waals surface area contributed by atoms with Gasteiger partial charge in [0.15, 0.2) is 0 Å². The van der Waals surface area contributed by atoms with Gasteiger partial charge in [0.1, 0.15) is 0 Å². The van der Waals surface area contributed by atoms with Gasteiger partial charge in [-0.1, -0.05) is 29.3 Å². The van der Waals surface area contributed by atoms with E-state index < -0.39 is 0 Å². The molecule has 0 aliphatic rings. The van der Waals surface area contributed by atoms with Gasteiger partial charge >= 0.3 is 0 Å². The summed E-state index contributed by atoms with van der Waals surface area (Å²) in [6, 6.07) is 12.8. The van der Waals surface area contributed by atoms with Gasteiger partial charge in [0.05, 0.1) is 5.56 Å². The molecule has 0 unspecified atom stereocenters. The van der Waals surface area contributed by atoms with Gasteiger partial charge in [0.25, 0.3) is 5.91 Å². The summed E-state index contributed by atoms with van der Waals surface area (Å²) in [5, 5.41) is 6.36. The van der Waals surface area contributed by atoms with Crippen LogP contribution >= 0.6 is 11.6 Å². The first-order chi connectivity index (χ1) is 9.10. The van der Waals surface area contributed by atoms with Gasteiger partial charge in [-0.25, -0.2) is 0 Å². The molecular formula is C15H15ClN2O. The first-order valence-electron chi connectivity index (χ1n) is 5.95. The molecule has 0 atom stereocenters. The lowest BCUT2D eigenvalue weighted by atomic mass is 10.1. The molecule has 0 fully saturated rings. The van der Waals surface area contributed by atoms with Gasteiger partial charge in [-0.3, -0.25) is 4.79 Å². The summed E-state index contributed by atoms with van der Waals surface area (Å²) in [6.45, 7) is 2.00. The van der Waals surface area contributed by atoms with Crippen LogP contribution < -0.4 is 10.6 Å². The molecule has 0 aromatic heterocycles. The summed E-state index contributed by atoms with van der Waals surface area (Å²) in [5.74, 6) is -0.185. The minimum Gasteiger partial charge on any atom is -0.387 e. The van der Waals surface area contributed by atoms with Crippen molar-refractivity contribution in [3.05, 3.63) is 58.6 Å². The van der Waals surface area contributed by atoms with Crippen molar-refractivity contribution in [2.75, 3.05) is 17.7 Å². The predicted octanol–water partition coefficient (Wildman–Crippen LogP) is 3.94. The number of carbonyl (C=O) groups excluding carboxylic acids is 1. The van der Waals surface area contributed by atoms with Crippen LogP contribution in [0.25, 0.3) is 0 Å². The Balaban J connectivity index is 2.24. The fourth-order valence-corrected chi connectivity index (χ4v) is 1.93. The summed E-state index contributed by atoms with van der Waals surface area (Å²) >= 11 is 5.93. The predicted molar refractivity (Wildman–Crippen MR) is 80.1 cm³/mol. The highest BCUT2D eigenvalue weighted by Gasteiger charge is 2.11. The Hall–Kier alpha value is -2.00. The summed E-state index contributed by atoms with van der Waals surface area (Å²) < 4.78 is 0. The lowest BCUT2D eigenvalue weighted by Gasteiger charge is -2.10. The van der Waals surface area contributed by atoms with Crippen LogP contribution in [0.15, 0.2) is 42.5 Å². The minimum absolute atomic E-state index is 0.185. The van der Waals surface area contributed by atoms with Crippen LogP contribution in [0.5, 0.6) is 0 Å². The van der Waals surface area contributed by atoms with E-state index in [9.17, 15) is 4.79 Å². The summed E-state index contributed by atoms with van der Waals surface area (Å²) in [4.78, 5) is 12.2. The second-order valence-corrected chi connectivity index (χ2v) is 4.70. The van der Waals surface area contributed by atoms with Crippen LogP contribution in [0.2, 0.25) is 5.02 Å². The molecule has 0 bridgehead atoms. The third-order valence-electron chi connectivity index (χ3n) is 2.81. The minimum atomic E-state index is -0.185. The van der Waals surface area contributed by atoms with E-state index in [0.717, 1.165) is 16.9 Å². The summed E-state index contributed by atoms with van der Waals surface area (Å²) in [7, 11) is 1.77. The first kappa shape index (κ1) is 13.4. The molecule has 3 nitrogen and oxygen atoms in total. The van der Waals surface area contributed by atoms with Gasteiger partial charge in [0.2, 0.25) is 0 Å². The van der Waals surface area contributed by atoms with E-state index in [1.165, 1.54) is 0 Å². The van der Waals surface area contributed by atoms with E-state index in [1.54, 1.807) is 25.2 Å². The van der Waals surface area contributed by atoms with E-state index in [-0.39, 0.29) is 5.91 Å². The van der Waals surface area contributed by atoms with Gasteiger partial charge in [-0.05, 0) is 37.3 Å². The molecule has 0 heterocycles. The summed E-state index contributed by atoms with van der Waals surface area (Å²) in [5.41, 5.74) is 3.18. The lowest BCUT2D eigenvalue weighted by molar-refractivity contribution is 0.102. The number of rotatable bonds is 3. The molecule has 2 aromatic rings. The molecule has 19 heavy (non-hydrogen) atoms. The Morgan fingerprint density at radius 3 is 2.42 bits per heavy atom. The molecule has 2 rings (SSSR count). The molecular weight excluding hydrogens is 260 g/mol. The van der Waals surface area contributed by atoms with Crippen molar-refractivity contribution in [2.24, 2.45) is 0 Å². The van der Waals surface area contributed by atoms with Crippen molar-refractivity contribution < 1.29 is 4.79 Å². The Bertz CT molecular complexity index is 594. The quantitative estimate of drug-likeness (QED) is 0.890. The molecule has 0 radical (unpaired) electrons. The van der Waals surface area contributed by atoms with Gasteiger partial charge < -0.3 is 10.6 Å². The highest BCUT2D eigenvalue weighted by Crippen LogP contribution is 2.21. The van der Waals surface area contributed by atoms with Crippen LogP contribution in [-0.2, 0) is 0 Å². The van der Waals surface area contributed by atoms with Gasteiger partial charge in [-0.2, -0.15) is 0 Å². The number of carbonyl (C=O) groups is 1. The maximum absolute atomic E-state index is 12.2. The van der Waals surface area contributed by atoms with Crippen LogP contribution in [0.3, 0.4) is 0 Å². The molecule has 0 spiro atoms. The highest BCUT2D eigenvalue weighted by atomic mass is 35.5. The average molecular weight is 275 g/mol. The standard InChI is InChI=1S/C15H15ClN2O/c1-10-3-6-12(7-4-10)18-15(19)13-9-11(16)5-8-14(13)17-2/h3-9,17H,1-2H3,(H,18,19). The molecule has 2 N–H and O–H groups in total. The molecule has 4 heteroatoms. The molecule has 0 aliphatic heterocycles. The Labute approximate surface area is 117 Å². The van der Waals surface area contributed by atoms with Crippen LogP contribution in [0, 0.1) is 6.92 Å². The fourth-order valence-electron chi connectivity index (χ4n) is 1.76. The average Bonchev–Trinajstić information content (AvgIpc) is 2.41. The van der Waals surface area contributed by atoms with Crippen molar-refractivity contribution in [1.82, 2.24) is 0 Å². The molecule has 0 saturated heterocycles. The first-order valence-corrected chi connectivity index (χ1v) is 6.33. The van der Waals surface area contributed by atoms with Crippen LogP contribution in [-0.4, -0.2) is 13.0 Å². The van der Waals surface area contributed by atoms with Crippen molar-refractivity contribution in [3.63, 3.8) is 0 Å². The smallest absolute Gasteiger partial charge is 0.257 e. The number of nitrogens with one attached hydrogen (secondary N) is 2. The Morgan fingerprint density at radius 2 is 1.79 bits per heavy atom. The third-order valence-corrected chi connectivity index (χ3v) is 3.04. The number of amides is 1. The second kappa shape index (κ2) is 5.76. The van der Waals surface area contributed by atoms with E-state index in [4.69, 9.17) is 11.6 Å². The number of anilines is 2. The number of benzene rings is 2. The molecule has 98 valence electrons. The zero-order valence-electron chi connectivity index (χ0n) is 10.8. The maximum atomic E-state index is 12.2. The zero-order chi connectivity index (χ0) is 13.8. The van der Waals surface area contributed by atoms with E-state index in [2.05, 4.69) is 10.6 Å². The van der Waals surface area contributed by atoms with Crippen molar-refractivity contribution >= 4 is 28.9 Å². The lowest BCUT2D eigenvalue weighted by Crippen LogP contribution is -2.14. The van der Waals surface area contributed by atoms with E-state index in [1.807, 2.05) is 31.2 Å². The van der Waals surface area contributed by atoms with Crippen LogP contribution in [0.1, 0.15) is 15.9 Å². The fraction of sp³-hybridized carbons (Fsp3) is 0.133. The molecule has 2 aromatic carbocycles. The molecule has 0 saturated carbocycles. The molecule has 1 amide bonds. The van der Waals surface area contributed by atoms with Crippen molar-refractivity contribution in [1.29, 1.82) is 0 Å². The maximum Gasteiger partial charge on any atom is 0.257 e. The number of halogens is 1. The van der Waals surface area contributed by atoms with E-state index in [0.29, 0.717) is 10.6 Å². The third kappa shape index (κ3) is 3.26. The Morgan fingerprint density at radius 1 is 1.11 bits per heavy atom. The van der Waals surface area contributed by atoms with Crippen molar-refractivity contribution in [2.45, 2.75) is 6.92 Å². The van der Waals surface area contributed by atoms with E-state index >= 15 is 0 Å². The monoisotopic (exact) mass is 274 g/mol. The SMILES string of the molecule is CNc1ccc(Cl)cc1C(=O)Nc1ccc(C)cc1. The largest absolute Gasteiger partial charge is 0.387 e. The molecule has 0 aliphatic carbocycles. The Kier molecular flexibility index (Phi) is 4.07. The van der Waals surface area contributed by atoms with Crippen molar-refractivity contribution in [3.8, 4) is 0 Å². The summed E-state index contributed by atoms with van der Waals surface area (Å²) in [6.07, 6.45) is 0. The highest BCUT2D eigenvalue weighted by molar-refractivity contribution is 6.31. The second-order valence-electron chi connectivity index (χ2n) is 4.26.